The molecule has 1 unspecified atom stereocenters. The van der Waals surface area contributed by atoms with E-state index >= 15 is 0 Å². The van der Waals surface area contributed by atoms with E-state index in [-0.39, 0.29) is 6.54 Å². The van der Waals surface area contributed by atoms with Crippen molar-refractivity contribution >= 4 is 5.97 Å². The van der Waals surface area contributed by atoms with Crippen LogP contribution in [-0.4, -0.2) is 37.3 Å². The first-order chi connectivity index (χ1) is 10.9. The van der Waals surface area contributed by atoms with Crippen molar-refractivity contribution in [2.24, 2.45) is 0 Å². The average molecular weight is 327 g/mol. The van der Waals surface area contributed by atoms with E-state index in [0.717, 1.165) is 18.1 Å². The number of hydrogen-bond acceptors (Lipinski definition) is 4. The molecule has 0 aliphatic carbocycles. The number of esters is 1. The van der Waals surface area contributed by atoms with Crippen LogP contribution in [0.2, 0.25) is 0 Å². The summed E-state index contributed by atoms with van der Waals surface area (Å²) in [6, 6.07) is 4.65. The minimum absolute atomic E-state index is 0.000987. The van der Waals surface area contributed by atoms with E-state index in [1.165, 1.54) is 19.4 Å². The molecule has 0 spiro atoms. The fraction of sp³-hybridized carbons (Fsp3) is 0.312. The molecule has 0 N–H and O–H groups in total. The molecule has 1 aliphatic rings. The number of rotatable bonds is 4. The molecule has 1 heterocycles. The van der Waals surface area contributed by atoms with Crippen molar-refractivity contribution in [1.82, 2.24) is 4.90 Å². The fourth-order valence-electron chi connectivity index (χ4n) is 2.36. The summed E-state index contributed by atoms with van der Waals surface area (Å²) in [4.78, 5) is 12.7. The van der Waals surface area contributed by atoms with Crippen LogP contribution in [0.5, 0.6) is 5.75 Å². The number of carbonyl (C=O) groups is 1. The first-order valence-electron chi connectivity index (χ1n) is 6.79. The molecule has 0 saturated carbocycles. The maximum Gasteiger partial charge on any atom is 0.413 e. The van der Waals surface area contributed by atoms with Crippen LogP contribution in [0, 0.1) is 0 Å². The minimum atomic E-state index is -4.60. The third-order valence-electron chi connectivity index (χ3n) is 3.43. The largest absolute Gasteiger partial charge is 0.497 e. The first kappa shape index (κ1) is 16.9. The lowest BCUT2D eigenvalue weighted by Crippen LogP contribution is -2.47. The van der Waals surface area contributed by atoms with Crippen LogP contribution < -0.4 is 4.74 Å². The van der Waals surface area contributed by atoms with Gasteiger partial charge in [-0.05, 0) is 29.8 Å². The summed E-state index contributed by atoms with van der Waals surface area (Å²) < 4.78 is 49.7. The van der Waals surface area contributed by atoms with Crippen molar-refractivity contribution in [1.29, 1.82) is 0 Å². The molecule has 1 aromatic carbocycles. The fourth-order valence-corrected chi connectivity index (χ4v) is 2.36. The van der Waals surface area contributed by atoms with Gasteiger partial charge >= 0.3 is 12.1 Å². The molecular formula is C16H16F3NO3. The smallest absolute Gasteiger partial charge is 0.413 e. The lowest BCUT2D eigenvalue weighted by Gasteiger charge is -2.34. The Hall–Kier alpha value is -2.44. The van der Waals surface area contributed by atoms with Gasteiger partial charge in [-0.1, -0.05) is 12.1 Å². The normalized spacial score (nSPS) is 17.7. The summed E-state index contributed by atoms with van der Waals surface area (Å²) in [6.07, 6.45) is -0.751. The van der Waals surface area contributed by atoms with Gasteiger partial charge in [0.15, 0.2) is 6.04 Å². The van der Waals surface area contributed by atoms with Crippen molar-refractivity contribution in [3.8, 4) is 5.75 Å². The van der Waals surface area contributed by atoms with E-state index in [9.17, 15) is 18.0 Å². The third kappa shape index (κ3) is 3.85. The van der Waals surface area contributed by atoms with Crippen LogP contribution in [0.4, 0.5) is 13.2 Å². The molecule has 0 amide bonds. The van der Waals surface area contributed by atoms with Crippen LogP contribution in [-0.2, 0) is 16.1 Å². The van der Waals surface area contributed by atoms with E-state index < -0.39 is 23.8 Å². The summed E-state index contributed by atoms with van der Waals surface area (Å²) >= 11 is 0. The Kier molecular flexibility index (Phi) is 4.98. The summed E-state index contributed by atoms with van der Waals surface area (Å²) in [5.41, 5.74) is 0.229. The van der Waals surface area contributed by atoms with Gasteiger partial charge in [0.25, 0.3) is 0 Å². The molecule has 23 heavy (non-hydrogen) atoms. The van der Waals surface area contributed by atoms with Crippen LogP contribution in [0.25, 0.3) is 0 Å². The Morgan fingerprint density at radius 2 is 1.87 bits per heavy atom. The van der Waals surface area contributed by atoms with Gasteiger partial charge in [-0.25, -0.2) is 4.79 Å². The van der Waals surface area contributed by atoms with Crippen molar-refractivity contribution < 1.29 is 27.4 Å². The number of halogens is 3. The van der Waals surface area contributed by atoms with Crippen LogP contribution in [0.3, 0.4) is 0 Å². The number of carbonyl (C=O) groups excluding carboxylic acids is 1. The summed E-state index contributed by atoms with van der Waals surface area (Å²) in [6.45, 7) is -0.000987. The van der Waals surface area contributed by atoms with Crippen LogP contribution >= 0.6 is 0 Å². The highest BCUT2D eigenvalue weighted by molar-refractivity contribution is 5.90. The molecule has 4 nitrogen and oxygen atoms in total. The highest BCUT2D eigenvalue weighted by Gasteiger charge is 2.48. The number of nitrogens with zero attached hydrogens (tertiary/aromatic N) is 1. The molecule has 0 fully saturated rings. The highest BCUT2D eigenvalue weighted by atomic mass is 19.4. The number of benzene rings is 1. The van der Waals surface area contributed by atoms with E-state index in [2.05, 4.69) is 4.74 Å². The molecule has 1 aromatic rings. The highest BCUT2D eigenvalue weighted by Crippen LogP contribution is 2.34. The van der Waals surface area contributed by atoms with Gasteiger partial charge in [0.05, 0.1) is 19.8 Å². The third-order valence-corrected chi connectivity index (χ3v) is 3.43. The number of ether oxygens (including phenoxy) is 2. The summed E-state index contributed by atoms with van der Waals surface area (Å²) in [5, 5.41) is 0. The zero-order valence-corrected chi connectivity index (χ0v) is 12.6. The Bertz CT molecular complexity index is 620. The molecule has 7 heteroatoms. The molecule has 0 saturated heterocycles. The number of hydrogen-bond donors (Lipinski definition) is 0. The second-order valence-electron chi connectivity index (χ2n) is 4.92. The van der Waals surface area contributed by atoms with Crippen LogP contribution in [0.1, 0.15) is 5.56 Å². The number of alkyl halides is 3. The van der Waals surface area contributed by atoms with Crippen molar-refractivity contribution in [3.05, 3.63) is 53.8 Å². The zero-order chi connectivity index (χ0) is 17.0. The molecule has 0 aromatic heterocycles. The molecule has 124 valence electrons. The lowest BCUT2D eigenvalue weighted by atomic mass is 10.0. The van der Waals surface area contributed by atoms with Gasteiger partial charge in [0.1, 0.15) is 5.75 Å². The van der Waals surface area contributed by atoms with Crippen molar-refractivity contribution in [2.45, 2.75) is 18.8 Å². The molecule has 0 radical (unpaired) electrons. The van der Waals surface area contributed by atoms with E-state index in [4.69, 9.17) is 4.74 Å². The quantitative estimate of drug-likeness (QED) is 0.797. The maximum absolute atomic E-state index is 13.4. The van der Waals surface area contributed by atoms with Gasteiger partial charge in [-0.15, -0.1) is 0 Å². The summed E-state index contributed by atoms with van der Waals surface area (Å²) in [7, 11) is 2.57. The Morgan fingerprint density at radius 3 is 2.39 bits per heavy atom. The predicted octanol–water partition coefficient (Wildman–Crippen LogP) is 3.05. The molecule has 0 bridgehead atoms. The van der Waals surface area contributed by atoms with Crippen molar-refractivity contribution in [3.63, 3.8) is 0 Å². The Balaban J connectivity index is 2.27. The standard InChI is InChI=1S/C16H16F3NO3/c1-22-12-7-5-11(6-8-12)10-20-9-3-4-13(15(21)23-2)14(20)16(17,18)19/h3-9,14H,10H2,1-2H3. The van der Waals surface area contributed by atoms with E-state index in [0.29, 0.717) is 11.3 Å². The number of methoxy groups -OCH3 is 2. The topological polar surface area (TPSA) is 38.8 Å². The molecule has 1 aliphatic heterocycles. The maximum atomic E-state index is 13.4. The number of allylic oxidation sites excluding steroid dienone is 2. The average Bonchev–Trinajstić information content (AvgIpc) is 2.53. The van der Waals surface area contributed by atoms with Gasteiger partial charge in [0.2, 0.25) is 0 Å². The van der Waals surface area contributed by atoms with Crippen molar-refractivity contribution in [2.75, 3.05) is 14.2 Å². The zero-order valence-electron chi connectivity index (χ0n) is 12.6. The van der Waals surface area contributed by atoms with Gasteiger partial charge in [0, 0.05) is 12.7 Å². The molecular weight excluding hydrogens is 311 g/mol. The lowest BCUT2D eigenvalue weighted by molar-refractivity contribution is -0.173. The van der Waals surface area contributed by atoms with E-state index in [1.807, 2.05) is 0 Å². The molecule has 2 rings (SSSR count). The van der Waals surface area contributed by atoms with Gasteiger partial charge in [-0.3, -0.25) is 0 Å². The molecule has 1 atom stereocenters. The minimum Gasteiger partial charge on any atom is -0.497 e. The van der Waals surface area contributed by atoms with Gasteiger partial charge < -0.3 is 14.4 Å². The van der Waals surface area contributed by atoms with E-state index in [1.54, 1.807) is 24.3 Å². The summed E-state index contributed by atoms with van der Waals surface area (Å²) in [5.74, 6) is -0.373. The first-order valence-corrected chi connectivity index (χ1v) is 6.79. The van der Waals surface area contributed by atoms with Crippen LogP contribution in [0.15, 0.2) is 48.2 Å². The SMILES string of the molecule is COC(=O)C1=CC=CN(Cc2ccc(OC)cc2)C1C(F)(F)F. The predicted molar refractivity (Wildman–Crippen MR) is 77.6 cm³/mol. The van der Waals surface area contributed by atoms with Gasteiger partial charge in [-0.2, -0.15) is 13.2 Å². The second-order valence-corrected chi connectivity index (χ2v) is 4.92. The Labute approximate surface area is 131 Å². The Morgan fingerprint density at radius 1 is 1.22 bits per heavy atom. The second kappa shape index (κ2) is 6.76. The monoisotopic (exact) mass is 327 g/mol.